The number of nitrogens with one attached hydrogen (secondary N) is 1. The predicted octanol–water partition coefficient (Wildman–Crippen LogP) is 2.33. The van der Waals surface area contributed by atoms with Crippen LogP contribution in [-0.2, 0) is 0 Å². The van der Waals surface area contributed by atoms with E-state index in [1.807, 2.05) is 19.9 Å². The lowest BCUT2D eigenvalue weighted by Crippen LogP contribution is -2.29. The molecule has 0 saturated heterocycles. The Bertz CT molecular complexity index is 833. The molecule has 0 radical (unpaired) electrons. The first-order chi connectivity index (χ1) is 12.5. The maximum Gasteiger partial charge on any atom is 0.260 e. The molecule has 0 atom stereocenters. The number of carbonyl (C=O) groups is 1. The highest BCUT2D eigenvalue weighted by atomic mass is 19.1. The summed E-state index contributed by atoms with van der Waals surface area (Å²) in [6, 6.07) is 8.64. The lowest BCUT2D eigenvalue weighted by atomic mass is 10.1. The van der Waals surface area contributed by atoms with Crippen molar-refractivity contribution in [1.29, 1.82) is 5.26 Å². The number of benzene rings is 1. The topological polar surface area (TPSA) is 114 Å². The SMILES string of the molecule is CC(C)CNC(=O)c1c(N)nc(-c2cccc(C#N)c2)nc1OCCF. The highest BCUT2D eigenvalue weighted by Gasteiger charge is 2.22. The second kappa shape index (κ2) is 8.76. The number of ether oxygens (including phenoxy) is 1. The Morgan fingerprint density at radius 1 is 1.42 bits per heavy atom. The molecule has 0 spiro atoms. The fourth-order valence-electron chi connectivity index (χ4n) is 2.15. The lowest BCUT2D eigenvalue weighted by Gasteiger charge is -2.14. The van der Waals surface area contributed by atoms with Crippen molar-refractivity contribution >= 4 is 11.7 Å². The summed E-state index contributed by atoms with van der Waals surface area (Å²) in [5.74, 6) is -0.221. The zero-order valence-corrected chi connectivity index (χ0v) is 14.6. The molecule has 0 bridgehead atoms. The number of halogens is 1. The zero-order chi connectivity index (χ0) is 19.1. The van der Waals surface area contributed by atoms with Crippen LogP contribution < -0.4 is 15.8 Å². The molecule has 1 amide bonds. The number of nitrogens with zero attached hydrogens (tertiary/aromatic N) is 3. The van der Waals surface area contributed by atoms with Gasteiger partial charge in [0.1, 0.15) is 24.7 Å². The van der Waals surface area contributed by atoms with Crippen LogP contribution in [0.15, 0.2) is 24.3 Å². The van der Waals surface area contributed by atoms with E-state index in [0.29, 0.717) is 17.7 Å². The Morgan fingerprint density at radius 2 is 2.19 bits per heavy atom. The Labute approximate surface area is 151 Å². The van der Waals surface area contributed by atoms with Crippen LogP contribution >= 0.6 is 0 Å². The Hall–Kier alpha value is -3.21. The van der Waals surface area contributed by atoms with Gasteiger partial charge in [0, 0.05) is 12.1 Å². The van der Waals surface area contributed by atoms with Crippen LogP contribution in [0.1, 0.15) is 29.8 Å². The zero-order valence-electron chi connectivity index (χ0n) is 14.6. The maximum absolute atomic E-state index is 12.6. The van der Waals surface area contributed by atoms with Gasteiger partial charge in [0.15, 0.2) is 5.82 Å². The highest BCUT2D eigenvalue weighted by Crippen LogP contribution is 2.26. The molecule has 1 aromatic heterocycles. The van der Waals surface area contributed by atoms with E-state index in [4.69, 9.17) is 15.7 Å². The van der Waals surface area contributed by atoms with E-state index < -0.39 is 12.6 Å². The van der Waals surface area contributed by atoms with Crippen molar-refractivity contribution in [1.82, 2.24) is 15.3 Å². The molecule has 2 aromatic rings. The van der Waals surface area contributed by atoms with E-state index in [2.05, 4.69) is 15.3 Å². The molecule has 0 fully saturated rings. The van der Waals surface area contributed by atoms with Crippen LogP contribution in [-0.4, -0.2) is 35.7 Å². The number of anilines is 1. The van der Waals surface area contributed by atoms with E-state index in [0.717, 1.165) is 0 Å². The van der Waals surface area contributed by atoms with Crippen LogP contribution in [0.25, 0.3) is 11.4 Å². The van der Waals surface area contributed by atoms with Crippen molar-refractivity contribution in [3.8, 4) is 23.3 Å². The van der Waals surface area contributed by atoms with E-state index in [9.17, 15) is 9.18 Å². The Balaban J connectivity index is 2.46. The third-order valence-corrected chi connectivity index (χ3v) is 3.37. The molecule has 8 heteroatoms. The fourth-order valence-corrected chi connectivity index (χ4v) is 2.15. The molecular formula is C18H20FN5O2. The van der Waals surface area contributed by atoms with Crippen molar-refractivity contribution in [2.75, 3.05) is 25.6 Å². The third-order valence-electron chi connectivity index (χ3n) is 3.37. The molecule has 0 aliphatic carbocycles. The third kappa shape index (κ3) is 4.66. The van der Waals surface area contributed by atoms with Gasteiger partial charge in [-0.15, -0.1) is 0 Å². The molecule has 7 nitrogen and oxygen atoms in total. The molecular weight excluding hydrogens is 337 g/mol. The number of rotatable bonds is 7. The summed E-state index contributed by atoms with van der Waals surface area (Å²) in [5, 5.41) is 11.7. The summed E-state index contributed by atoms with van der Waals surface area (Å²) in [6.45, 7) is 3.33. The molecule has 26 heavy (non-hydrogen) atoms. The van der Waals surface area contributed by atoms with Gasteiger partial charge in [0.2, 0.25) is 5.88 Å². The van der Waals surface area contributed by atoms with Crippen LogP contribution in [0.2, 0.25) is 0 Å². The van der Waals surface area contributed by atoms with Gasteiger partial charge in [0.05, 0.1) is 11.6 Å². The normalized spacial score (nSPS) is 10.4. The van der Waals surface area contributed by atoms with Gasteiger partial charge < -0.3 is 15.8 Å². The van der Waals surface area contributed by atoms with Crippen molar-refractivity contribution in [3.05, 3.63) is 35.4 Å². The maximum atomic E-state index is 12.6. The smallest absolute Gasteiger partial charge is 0.260 e. The predicted molar refractivity (Wildman–Crippen MR) is 95.2 cm³/mol. The first-order valence-electron chi connectivity index (χ1n) is 8.11. The number of hydrogen-bond donors (Lipinski definition) is 2. The first-order valence-corrected chi connectivity index (χ1v) is 8.11. The summed E-state index contributed by atoms with van der Waals surface area (Å²) in [7, 11) is 0. The summed E-state index contributed by atoms with van der Waals surface area (Å²) in [6.07, 6.45) is 0. The fraction of sp³-hybridized carbons (Fsp3) is 0.333. The minimum Gasteiger partial charge on any atom is -0.474 e. The monoisotopic (exact) mass is 357 g/mol. The van der Waals surface area contributed by atoms with Gasteiger partial charge in [-0.25, -0.2) is 9.37 Å². The van der Waals surface area contributed by atoms with Crippen molar-refractivity contribution in [2.24, 2.45) is 5.92 Å². The standard InChI is InChI=1S/C18H20FN5O2/c1-11(2)10-22-17(25)14-15(21)23-16(24-18(14)26-7-6-19)13-5-3-4-12(8-13)9-20/h3-5,8,11H,6-7,10H2,1-2H3,(H,22,25)(H2,21,23,24). The summed E-state index contributed by atoms with van der Waals surface area (Å²) in [5.41, 5.74) is 6.89. The number of hydrogen-bond acceptors (Lipinski definition) is 6. The summed E-state index contributed by atoms with van der Waals surface area (Å²) >= 11 is 0. The van der Waals surface area contributed by atoms with Gasteiger partial charge in [-0.2, -0.15) is 10.2 Å². The Morgan fingerprint density at radius 3 is 2.85 bits per heavy atom. The molecule has 0 aliphatic heterocycles. The number of alkyl halides is 1. The van der Waals surface area contributed by atoms with Crippen LogP contribution in [0, 0.1) is 17.2 Å². The molecule has 1 aromatic carbocycles. The Kier molecular flexibility index (Phi) is 6.44. The van der Waals surface area contributed by atoms with E-state index >= 15 is 0 Å². The van der Waals surface area contributed by atoms with Crippen molar-refractivity contribution in [2.45, 2.75) is 13.8 Å². The second-order valence-electron chi connectivity index (χ2n) is 5.95. The van der Waals surface area contributed by atoms with E-state index in [-0.39, 0.29) is 35.6 Å². The average Bonchev–Trinajstić information content (AvgIpc) is 2.64. The van der Waals surface area contributed by atoms with Crippen molar-refractivity contribution < 1.29 is 13.9 Å². The number of carbonyl (C=O) groups excluding carboxylic acids is 1. The quantitative estimate of drug-likeness (QED) is 0.786. The molecule has 0 saturated carbocycles. The molecule has 1 heterocycles. The second-order valence-corrected chi connectivity index (χ2v) is 5.95. The first kappa shape index (κ1) is 19.1. The number of nitrogen functional groups attached to an aromatic ring is 1. The number of nitrogens with two attached hydrogens (primary N) is 1. The average molecular weight is 357 g/mol. The molecule has 2 rings (SSSR count). The number of aromatic nitrogens is 2. The van der Waals surface area contributed by atoms with E-state index in [1.54, 1.807) is 24.3 Å². The minimum atomic E-state index is -0.740. The minimum absolute atomic E-state index is 0.0284. The van der Waals surface area contributed by atoms with Gasteiger partial charge >= 0.3 is 0 Å². The summed E-state index contributed by atoms with van der Waals surface area (Å²) in [4.78, 5) is 20.8. The van der Waals surface area contributed by atoms with Gasteiger partial charge in [-0.3, -0.25) is 4.79 Å². The van der Waals surface area contributed by atoms with Crippen molar-refractivity contribution in [3.63, 3.8) is 0 Å². The number of nitriles is 1. The molecule has 0 unspecified atom stereocenters. The summed E-state index contributed by atoms with van der Waals surface area (Å²) < 4.78 is 17.8. The van der Waals surface area contributed by atoms with Crippen LogP contribution in [0.3, 0.4) is 0 Å². The van der Waals surface area contributed by atoms with Gasteiger partial charge in [0.25, 0.3) is 5.91 Å². The van der Waals surface area contributed by atoms with E-state index in [1.165, 1.54) is 0 Å². The molecule has 3 N–H and O–H groups in total. The number of amides is 1. The van der Waals surface area contributed by atoms with Crippen LogP contribution in [0.5, 0.6) is 5.88 Å². The largest absolute Gasteiger partial charge is 0.474 e. The van der Waals surface area contributed by atoms with Crippen LogP contribution in [0.4, 0.5) is 10.2 Å². The highest BCUT2D eigenvalue weighted by molar-refractivity contribution is 6.00. The molecule has 136 valence electrons. The lowest BCUT2D eigenvalue weighted by molar-refractivity contribution is 0.0944. The van der Waals surface area contributed by atoms with Gasteiger partial charge in [-0.1, -0.05) is 26.0 Å². The van der Waals surface area contributed by atoms with Gasteiger partial charge in [-0.05, 0) is 18.1 Å². The molecule has 0 aliphatic rings.